The van der Waals surface area contributed by atoms with Gasteiger partial charge in [-0.2, -0.15) is 9.61 Å². The first-order chi connectivity index (χ1) is 12.7. The normalized spacial score (nSPS) is 11.6. The molecule has 0 aliphatic heterocycles. The van der Waals surface area contributed by atoms with Gasteiger partial charge in [0.2, 0.25) is 0 Å². The number of hydrogen-bond donors (Lipinski definition) is 3. The predicted octanol–water partition coefficient (Wildman–Crippen LogP) is 5.08. The maximum Gasteiger partial charge on any atom is 0.409 e. The van der Waals surface area contributed by atoms with Crippen molar-refractivity contribution in [1.29, 1.82) is 0 Å². The first-order valence-electron chi connectivity index (χ1n) is 8.63. The minimum absolute atomic E-state index is 0.248. The van der Waals surface area contributed by atoms with Crippen molar-refractivity contribution in [3.63, 3.8) is 0 Å². The number of hydrogen-bond acceptors (Lipinski definition) is 4. The summed E-state index contributed by atoms with van der Waals surface area (Å²) in [5.74, 6) is 0.684. The van der Waals surface area contributed by atoms with Crippen molar-refractivity contribution in [3.8, 4) is 0 Å². The summed E-state index contributed by atoms with van der Waals surface area (Å²) in [7, 11) is 0. The van der Waals surface area contributed by atoms with Crippen LogP contribution < -0.4 is 10.6 Å². The van der Waals surface area contributed by atoms with Crippen LogP contribution in [0.1, 0.15) is 38.8 Å². The van der Waals surface area contributed by atoms with E-state index < -0.39 is 6.09 Å². The highest BCUT2D eigenvalue weighted by atomic mass is 35.5. The number of benzene rings is 1. The van der Waals surface area contributed by atoms with Gasteiger partial charge in [0.1, 0.15) is 11.0 Å². The molecule has 142 valence electrons. The van der Waals surface area contributed by atoms with Gasteiger partial charge in [-0.15, -0.1) is 0 Å². The van der Waals surface area contributed by atoms with Crippen molar-refractivity contribution in [3.05, 3.63) is 46.7 Å². The van der Waals surface area contributed by atoms with Crippen molar-refractivity contribution in [2.75, 3.05) is 10.6 Å². The molecule has 3 aromatic rings. The van der Waals surface area contributed by atoms with Crippen LogP contribution in [0, 0.1) is 0 Å². The molecule has 0 bridgehead atoms. The third kappa shape index (κ3) is 3.98. The molecule has 1 amide bonds. The third-order valence-electron chi connectivity index (χ3n) is 4.24. The van der Waals surface area contributed by atoms with Gasteiger partial charge in [0.05, 0.1) is 6.20 Å². The SMILES string of the molecule is CCc1cnn2c(Nc3ccc(NC(=O)O)c(C(C)(C)C)c3)cc(Cl)nc12. The van der Waals surface area contributed by atoms with Gasteiger partial charge >= 0.3 is 6.09 Å². The molecule has 3 N–H and O–H groups in total. The Morgan fingerprint density at radius 1 is 1.30 bits per heavy atom. The van der Waals surface area contributed by atoms with Gasteiger partial charge in [-0.1, -0.05) is 39.3 Å². The molecule has 0 fully saturated rings. The minimum Gasteiger partial charge on any atom is -0.465 e. The standard InChI is InChI=1S/C19H22ClN5O2/c1-5-11-10-21-25-16(9-15(20)24-17(11)25)22-12-6-7-14(23-18(26)27)13(8-12)19(2,3)4/h6-10,22-23H,5H2,1-4H3,(H,26,27). The van der Waals surface area contributed by atoms with Crippen molar-refractivity contribution >= 4 is 40.5 Å². The van der Waals surface area contributed by atoms with Crippen LogP contribution in [-0.4, -0.2) is 25.8 Å². The lowest BCUT2D eigenvalue weighted by molar-refractivity contribution is 0.209. The maximum atomic E-state index is 11.1. The summed E-state index contributed by atoms with van der Waals surface area (Å²) in [5.41, 5.74) is 3.71. The Balaban J connectivity index is 2.05. The number of carbonyl (C=O) groups is 1. The number of nitrogens with one attached hydrogen (secondary N) is 2. The number of anilines is 3. The predicted molar refractivity (Wildman–Crippen MR) is 107 cm³/mol. The average Bonchev–Trinajstić information content (AvgIpc) is 2.97. The first-order valence-corrected chi connectivity index (χ1v) is 9.01. The molecule has 0 saturated heterocycles. The average molecular weight is 388 g/mol. The van der Waals surface area contributed by atoms with Gasteiger partial charge < -0.3 is 10.4 Å². The molecule has 0 spiro atoms. The summed E-state index contributed by atoms with van der Waals surface area (Å²) in [6, 6.07) is 7.19. The summed E-state index contributed by atoms with van der Waals surface area (Å²) in [5, 5.41) is 19.6. The number of carboxylic acid groups (broad SMARTS) is 1. The second-order valence-electron chi connectivity index (χ2n) is 7.29. The molecule has 2 heterocycles. The second kappa shape index (κ2) is 7.08. The summed E-state index contributed by atoms with van der Waals surface area (Å²) in [6.07, 6.45) is 1.50. The van der Waals surface area contributed by atoms with Gasteiger partial charge in [-0.3, -0.25) is 5.32 Å². The lowest BCUT2D eigenvalue weighted by Crippen LogP contribution is -2.17. The van der Waals surface area contributed by atoms with Gasteiger partial charge in [-0.25, -0.2) is 9.78 Å². The summed E-state index contributed by atoms with van der Waals surface area (Å²) in [4.78, 5) is 15.4. The Labute approximate surface area is 162 Å². The summed E-state index contributed by atoms with van der Waals surface area (Å²) < 4.78 is 1.71. The van der Waals surface area contributed by atoms with Crippen LogP contribution in [0.4, 0.5) is 22.0 Å². The summed E-state index contributed by atoms with van der Waals surface area (Å²) >= 11 is 6.19. The number of rotatable bonds is 4. The highest BCUT2D eigenvalue weighted by molar-refractivity contribution is 6.29. The van der Waals surface area contributed by atoms with Gasteiger partial charge in [-0.05, 0) is 35.6 Å². The molecule has 7 nitrogen and oxygen atoms in total. The maximum absolute atomic E-state index is 11.1. The van der Waals surface area contributed by atoms with E-state index >= 15 is 0 Å². The topological polar surface area (TPSA) is 91.5 Å². The third-order valence-corrected chi connectivity index (χ3v) is 4.43. The monoisotopic (exact) mass is 387 g/mol. The van der Waals surface area contributed by atoms with E-state index in [0.29, 0.717) is 22.3 Å². The Kier molecular flexibility index (Phi) is 4.97. The molecular formula is C19H22ClN5O2. The number of nitrogens with zero attached hydrogens (tertiary/aromatic N) is 3. The largest absolute Gasteiger partial charge is 0.465 e. The van der Waals surface area contributed by atoms with Crippen LogP contribution in [0.5, 0.6) is 0 Å². The molecule has 0 aliphatic carbocycles. The van der Waals surface area contributed by atoms with E-state index in [1.165, 1.54) is 0 Å². The molecule has 8 heteroatoms. The van der Waals surface area contributed by atoms with Crippen LogP contribution >= 0.6 is 11.6 Å². The van der Waals surface area contributed by atoms with Crippen LogP contribution in [0.15, 0.2) is 30.5 Å². The molecule has 0 saturated carbocycles. The smallest absolute Gasteiger partial charge is 0.409 e. The van der Waals surface area contributed by atoms with Crippen LogP contribution in [0.25, 0.3) is 5.65 Å². The van der Waals surface area contributed by atoms with Crippen LogP contribution in [0.3, 0.4) is 0 Å². The van der Waals surface area contributed by atoms with E-state index in [1.54, 1.807) is 22.8 Å². The quantitative estimate of drug-likeness (QED) is 0.543. The highest BCUT2D eigenvalue weighted by Crippen LogP contribution is 2.33. The number of aryl methyl sites for hydroxylation is 1. The van der Waals surface area contributed by atoms with Crippen molar-refractivity contribution in [1.82, 2.24) is 14.6 Å². The van der Waals surface area contributed by atoms with E-state index in [4.69, 9.17) is 16.7 Å². The van der Waals surface area contributed by atoms with Gasteiger partial charge in [0, 0.05) is 23.0 Å². The fourth-order valence-corrected chi connectivity index (χ4v) is 3.12. The molecule has 0 radical (unpaired) electrons. The number of halogens is 1. The molecule has 0 atom stereocenters. The zero-order valence-corrected chi connectivity index (χ0v) is 16.4. The van der Waals surface area contributed by atoms with Crippen LogP contribution in [-0.2, 0) is 11.8 Å². The molecular weight excluding hydrogens is 366 g/mol. The lowest BCUT2D eigenvalue weighted by Gasteiger charge is -2.24. The number of aromatic nitrogens is 3. The molecule has 27 heavy (non-hydrogen) atoms. The summed E-state index contributed by atoms with van der Waals surface area (Å²) in [6.45, 7) is 8.13. The Bertz CT molecular complexity index is 1010. The highest BCUT2D eigenvalue weighted by Gasteiger charge is 2.20. The van der Waals surface area contributed by atoms with E-state index in [-0.39, 0.29) is 5.41 Å². The fourth-order valence-electron chi connectivity index (χ4n) is 2.93. The lowest BCUT2D eigenvalue weighted by atomic mass is 9.85. The van der Waals surface area contributed by atoms with E-state index in [0.717, 1.165) is 23.2 Å². The van der Waals surface area contributed by atoms with E-state index in [2.05, 4.69) is 20.7 Å². The zero-order valence-electron chi connectivity index (χ0n) is 15.7. The molecule has 3 rings (SSSR count). The van der Waals surface area contributed by atoms with Crippen molar-refractivity contribution < 1.29 is 9.90 Å². The zero-order chi connectivity index (χ0) is 19.8. The van der Waals surface area contributed by atoms with E-state index in [1.807, 2.05) is 39.8 Å². The van der Waals surface area contributed by atoms with Gasteiger partial charge in [0.25, 0.3) is 0 Å². The fraction of sp³-hybridized carbons (Fsp3) is 0.316. The Morgan fingerprint density at radius 3 is 2.67 bits per heavy atom. The van der Waals surface area contributed by atoms with E-state index in [9.17, 15) is 4.79 Å². The number of fused-ring (bicyclic) bond motifs is 1. The Morgan fingerprint density at radius 2 is 2.04 bits per heavy atom. The minimum atomic E-state index is -1.09. The van der Waals surface area contributed by atoms with Crippen molar-refractivity contribution in [2.24, 2.45) is 0 Å². The number of amides is 1. The first kappa shape index (κ1) is 19.0. The van der Waals surface area contributed by atoms with Crippen molar-refractivity contribution in [2.45, 2.75) is 39.5 Å². The Hall–Kier alpha value is -2.80. The van der Waals surface area contributed by atoms with Gasteiger partial charge in [0.15, 0.2) is 5.65 Å². The second-order valence-corrected chi connectivity index (χ2v) is 7.68. The molecule has 0 unspecified atom stereocenters. The molecule has 0 aliphatic rings. The molecule has 2 aromatic heterocycles. The molecule has 1 aromatic carbocycles. The van der Waals surface area contributed by atoms with Crippen LogP contribution in [0.2, 0.25) is 5.15 Å².